The van der Waals surface area contributed by atoms with E-state index in [2.05, 4.69) is 17.6 Å². The lowest BCUT2D eigenvalue weighted by atomic mass is 10.2. The molecule has 2 fully saturated rings. The van der Waals surface area contributed by atoms with Gasteiger partial charge < -0.3 is 16.4 Å². The number of likely N-dealkylation sites (tertiary alicyclic amines) is 1. The lowest BCUT2D eigenvalue weighted by Gasteiger charge is -2.22. The Morgan fingerprint density at radius 1 is 1.53 bits per heavy atom. The lowest BCUT2D eigenvalue weighted by Crippen LogP contribution is -2.33. The fourth-order valence-electron chi connectivity index (χ4n) is 2.10. The van der Waals surface area contributed by atoms with Gasteiger partial charge in [0.1, 0.15) is 0 Å². The Bertz CT molecular complexity index is 204. The van der Waals surface area contributed by atoms with Gasteiger partial charge in [-0.1, -0.05) is 0 Å². The maximum absolute atomic E-state index is 8.58. The van der Waals surface area contributed by atoms with Crippen molar-refractivity contribution in [3.05, 3.63) is 0 Å². The second-order valence-electron chi connectivity index (χ2n) is 4.78. The van der Waals surface area contributed by atoms with Crippen molar-refractivity contribution in [2.45, 2.75) is 50.6 Å². The van der Waals surface area contributed by atoms with Gasteiger partial charge in [0.05, 0.1) is 0 Å². The molecule has 1 amide bonds. The second-order valence-corrected chi connectivity index (χ2v) is 4.78. The first-order valence-electron chi connectivity index (χ1n) is 5.79. The highest BCUT2D eigenvalue weighted by Crippen LogP contribution is 2.36. The molecule has 0 aromatic heterocycles. The van der Waals surface area contributed by atoms with Crippen molar-refractivity contribution in [2.24, 2.45) is 11.5 Å². The molecule has 4 nitrogen and oxygen atoms in total. The molecule has 1 atom stereocenters. The van der Waals surface area contributed by atoms with E-state index in [1.165, 1.54) is 45.2 Å². The minimum Gasteiger partial charge on any atom is -0.372 e. The van der Waals surface area contributed by atoms with Crippen LogP contribution in [0.1, 0.15) is 39.0 Å². The molecule has 0 aromatic carbocycles. The minimum atomic E-state index is 0.250. The summed E-state index contributed by atoms with van der Waals surface area (Å²) in [5.41, 5.74) is 10.5. The summed E-state index contributed by atoms with van der Waals surface area (Å²) in [4.78, 5) is 11.2. The molecule has 4 N–H and O–H groups in total. The summed E-state index contributed by atoms with van der Waals surface area (Å²) in [7, 11) is 0. The zero-order valence-electron chi connectivity index (χ0n) is 9.61. The summed E-state index contributed by atoms with van der Waals surface area (Å²) in [6.45, 7) is 4.87. The van der Waals surface area contributed by atoms with Crippen LogP contribution in [0.15, 0.2) is 0 Å². The minimum absolute atomic E-state index is 0.250. The molecule has 1 heterocycles. The quantitative estimate of drug-likeness (QED) is 0.669. The van der Waals surface area contributed by atoms with Gasteiger partial charge >= 0.3 is 0 Å². The van der Waals surface area contributed by atoms with Crippen LogP contribution in [-0.2, 0) is 4.79 Å². The van der Waals surface area contributed by atoms with Crippen LogP contribution < -0.4 is 11.5 Å². The summed E-state index contributed by atoms with van der Waals surface area (Å²) in [5.74, 6) is 0. The Labute approximate surface area is 92.0 Å². The highest BCUT2D eigenvalue weighted by atomic mass is 16.1. The third-order valence-corrected chi connectivity index (χ3v) is 3.48. The second kappa shape index (κ2) is 5.47. The van der Waals surface area contributed by atoms with Crippen LogP contribution in [0.25, 0.3) is 0 Å². The third kappa shape index (κ3) is 4.18. The summed E-state index contributed by atoms with van der Waals surface area (Å²) in [6, 6.07) is 0.812. The van der Waals surface area contributed by atoms with E-state index in [1.807, 2.05) is 0 Å². The molecule has 1 aliphatic carbocycles. The number of nitrogens with two attached hydrogens (primary N) is 2. The molecule has 1 aliphatic heterocycles. The zero-order chi connectivity index (χ0) is 11.3. The maximum Gasteiger partial charge on any atom is 0.204 e. The lowest BCUT2D eigenvalue weighted by molar-refractivity contribution is -0.106. The van der Waals surface area contributed by atoms with Gasteiger partial charge in [-0.05, 0) is 45.6 Å². The highest BCUT2D eigenvalue weighted by Gasteiger charge is 2.38. The molecule has 1 saturated heterocycles. The van der Waals surface area contributed by atoms with Gasteiger partial charge in [0, 0.05) is 18.1 Å². The Balaban J connectivity index is 0.000000337. The van der Waals surface area contributed by atoms with Crippen LogP contribution in [0.3, 0.4) is 0 Å². The first-order valence-corrected chi connectivity index (χ1v) is 5.79. The molecule has 4 heteroatoms. The SMILES string of the molecule is CC1CCCN1CCC1(N)CC1.NC=O. The zero-order valence-corrected chi connectivity index (χ0v) is 9.61. The highest BCUT2D eigenvalue weighted by molar-refractivity contribution is 5.42. The monoisotopic (exact) mass is 213 g/mol. The van der Waals surface area contributed by atoms with Gasteiger partial charge in [-0.15, -0.1) is 0 Å². The first kappa shape index (κ1) is 12.5. The molecular formula is C11H23N3O. The Kier molecular flexibility index (Phi) is 4.54. The molecule has 1 unspecified atom stereocenters. The van der Waals surface area contributed by atoms with E-state index < -0.39 is 0 Å². The van der Waals surface area contributed by atoms with Gasteiger partial charge in [0.15, 0.2) is 0 Å². The van der Waals surface area contributed by atoms with E-state index in [1.54, 1.807) is 0 Å². The summed E-state index contributed by atoms with van der Waals surface area (Å²) >= 11 is 0. The average Bonchev–Trinajstić information content (AvgIpc) is 2.77. The molecule has 0 bridgehead atoms. The van der Waals surface area contributed by atoms with Crippen LogP contribution >= 0.6 is 0 Å². The maximum atomic E-state index is 8.58. The largest absolute Gasteiger partial charge is 0.372 e. The first-order chi connectivity index (χ1) is 7.11. The topological polar surface area (TPSA) is 72.3 Å². The Hall–Kier alpha value is -0.610. The average molecular weight is 213 g/mol. The van der Waals surface area contributed by atoms with Crippen molar-refractivity contribution >= 4 is 6.41 Å². The van der Waals surface area contributed by atoms with Crippen LogP contribution in [0.4, 0.5) is 0 Å². The van der Waals surface area contributed by atoms with Gasteiger partial charge in [0.25, 0.3) is 0 Å². The van der Waals surface area contributed by atoms with Crippen molar-refractivity contribution in [1.82, 2.24) is 4.90 Å². The van der Waals surface area contributed by atoms with Crippen molar-refractivity contribution in [2.75, 3.05) is 13.1 Å². The van der Waals surface area contributed by atoms with Crippen LogP contribution in [0.5, 0.6) is 0 Å². The molecule has 15 heavy (non-hydrogen) atoms. The third-order valence-electron chi connectivity index (χ3n) is 3.48. The van der Waals surface area contributed by atoms with E-state index in [4.69, 9.17) is 10.5 Å². The molecule has 0 radical (unpaired) electrons. The van der Waals surface area contributed by atoms with Crippen molar-refractivity contribution in [3.8, 4) is 0 Å². The van der Waals surface area contributed by atoms with Crippen LogP contribution in [0, 0.1) is 0 Å². The number of rotatable bonds is 3. The summed E-state index contributed by atoms with van der Waals surface area (Å²) in [5, 5.41) is 0. The predicted molar refractivity (Wildman–Crippen MR) is 61.3 cm³/mol. The number of nitrogens with zero attached hydrogens (tertiary/aromatic N) is 1. The number of hydrogen-bond donors (Lipinski definition) is 2. The molecule has 0 aromatic rings. The smallest absolute Gasteiger partial charge is 0.204 e. The fraction of sp³-hybridized carbons (Fsp3) is 0.909. The number of carbonyl (C=O) groups excluding carboxylic acids is 1. The summed E-state index contributed by atoms with van der Waals surface area (Å²) < 4.78 is 0. The van der Waals surface area contributed by atoms with Gasteiger partial charge in [0.2, 0.25) is 6.41 Å². The molecule has 2 rings (SSSR count). The number of amides is 1. The summed E-state index contributed by atoms with van der Waals surface area (Å²) in [6.07, 6.45) is 6.76. The molecule has 2 aliphatic rings. The van der Waals surface area contributed by atoms with E-state index in [-0.39, 0.29) is 11.9 Å². The number of carbonyl (C=O) groups is 1. The van der Waals surface area contributed by atoms with Gasteiger partial charge in [-0.25, -0.2) is 0 Å². The van der Waals surface area contributed by atoms with E-state index >= 15 is 0 Å². The normalized spacial score (nSPS) is 28.0. The van der Waals surface area contributed by atoms with Gasteiger partial charge in [-0.3, -0.25) is 4.79 Å². The fourth-order valence-corrected chi connectivity index (χ4v) is 2.10. The van der Waals surface area contributed by atoms with E-state index in [9.17, 15) is 0 Å². The molecule has 1 saturated carbocycles. The van der Waals surface area contributed by atoms with Gasteiger partial charge in [-0.2, -0.15) is 0 Å². The van der Waals surface area contributed by atoms with Crippen molar-refractivity contribution in [3.63, 3.8) is 0 Å². The Morgan fingerprint density at radius 2 is 2.13 bits per heavy atom. The van der Waals surface area contributed by atoms with Crippen LogP contribution in [0.2, 0.25) is 0 Å². The molecule has 0 spiro atoms. The van der Waals surface area contributed by atoms with E-state index in [0.717, 1.165) is 6.04 Å². The van der Waals surface area contributed by atoms with Crippen LogP contribution in [-0.4, -0.2) is 36.0 Å². The van der Waals surface area contributed by atoms with Crippen molar-refractivity contribution in [1.29, 1.82) is 0 Å². The number of primary amides is 1. The van der Waals surface area contributed by atoms with Crippen molar-refractivity contribution < 1.29 is 4.79 Å². The predicted octanol–water partition coefficient (Wildman–Crippen LogP) is 0.454. The standard InChI is InChI=1S/C10H20N2.CH3NO/c1-9-3-2-7-12(9)8-6-10(11)4-5-10;2-1-3/h9H,2-8,11H2,1H3;1H,(H2,2,3). The van der Waals surface area contributed by atoms with E-state index in [0.29, 0.717) is 0 Å². The Morgan fingerprint density at radius 3 is 2.53 bits per heavy atom. The molecular weight excluding hydrogens is 190 g/mol. The number of hydrogen-bond acceptors (Lipinski definition) is 3. The molecule has 88 valence electrons.